The molecule has 2 heterocycles. The van der Waals surface area contributed by atoms with Crippen molar-refractivity contribution in [2.75, 3.05) is 0 Å². The summed E-state index contributed by atoms with van der Waals surface area (Å²) in [6, 6.07) is -0.403. The zero-order valence-electron chi connectivity index (χ0n) is 13.3. The lowest BCUT2D eigenvalue weighted by Crippen LogP contribution is -2.33. The molecular weight excluding hydrogens is 266 g/mol. The predicted molar refractivity (Wildman–Crippen MR) is 80.9 cm³/mol. The summed E-state index contributed by atoms with van der Waals surface area (Å²) in [5, 5.41) is 11.5. The molecule has 114 valence electrons. The maximum atomic E-state index is 12.3. The minimum atomic E-state index is -0.331. The standard InChI is InChI=1S/C15H23N5O/c1-6-19-12(4)14(8-17-19)11(3)18-15(21)13(5)20-9-10(2)7-16-20/h7-9,11,13H,6H2,1-5H3,(H,18,21). The average Bonchev–Trinajstić information content (AvgIpc) is 3.03. The Morgan fingerprint density at radius 1 is 1.29 bits per heavy atom. The summed E-state index contributed by atoms with van der Waals surface area (Å²) in [7, 11) is 0. The fourth-order valence-corrected chi connectivity index (χ4v) is 2.38. The number of rotatable bonds is 5. The van der Waals surface area contributed by atoms with E-state index in [2.05, 4.69) is 22.4 Å². The third-order valence-electron chi connectivity index (χ3n) is 3.77. The second-order valence-electron chi connectivity index (χ2n) is 5.41. The van der Waals surface area contributed by atoms with E-state index < -0.39 is 0 Å². The van der Waals surface area contributed by atoms with Gasteiger partial charge in [0.15, 0.2) is 0 Å². The Labute approximate surface area is 125 Å². The van der Waals surface area contributed by atoms with Crippen LogP contribution in [0.1, 0.15) is 49.7 Å². The molecule has 0 spiro atoms. The third-order valence-corrected chi connectivity index (χ3v) is 3.77. The normalized spacial score (nSPS) is 14.0. The van der Waals surface area contributed by atoms with E-state index in [0.717, 1.165) is 23.4 Å². The first-order valence-electron chi connectivity index (χ1n) is 7.27. The SMILES string of the molecule is CCn1ncc(C(C)NC(=O)C(C)n2cc(C)cn2)c1C. The van der Waals surface area contributed by atoms with Gasteiger partial charge in [-0.2, -0.15) is 10.2 Å². The molecule has 0 aliphatic rings. The number of carbonyl (C=O) groups excluding carboxylic acids is 1. The largest absolute Gasteiger partial charge is 0.348 e. The lowest BCUT2D eigenvalue weighted by atomic mass is 10.1. The van der Waals surface area contributed by atoms with E-state index in [0.29, 0.717) is 0 Å². The van der Waals surface area contributed by atoms with E-state index in [-0.39, 0.29) is 18.0 Å². The Morgan fingerprint density at radius 3 is 2.52 bits per heavy atom. The molecule has 0 aliphatic heterocycles. The molecule has 21 heavy (non-hydrogen) atoms. The fraction of sp³-hybridized carbons (Fsp3) is 0.533. The highest BCUT2D eigenvalue weighted by atomic mass is 16.2. The average molecular weight is 289 g/mol. The Morgan fingerprint density at radius 2 is 2.00 bits per heavy atom. The van der Waals surface area contributed by atoms with Crippen LogP contribution < -0.4 is 5.32 Å². The van der Waals surface area contributed by atoms with Gasteiger partial charge in [-0.05, 0) is 40.2 Å². The second kappa shape index (κ2) is 6.11. The van der Waals surface area contributed by atoms with Crippen LogP contribution in [0.5, 0.6) is 0 Å². The number of nitrogens with zero attached hydrogens (tertiary/aromatic N) is 4. The van der Waals surface area contributed by atoms with Crippen molar-refractivity contribution in [3.8, 4) is 0 Å². The van der Waals surface area contributed by atoms with Crippen LogP contribution in [-0.2, 0) is 11.3 Å². The molecule has 0 bridgehead atoms. The van der Waals surface area contributed by atoms with Gasteiger partial charge in [0, 0.05) is 24.0 Å². The van der Waals surface area contributed by atoms with Gasteiger partial charge in [0.05, 0.1) is 18.4 Å². The summed E-state index contributed by atoms with van der Waals surface area (Å²) < 4.78 is 3.61. The molecule has 0 fully saturated rings. The van der Waals surface area contributed by atoms with Crippen molar-refractivity contribution in [1.82, 2.24) is 24.9 Å². The van der Waals surface area contributed by atoms with Gasteiger partial charge in [0.2, 0.25) is 5.91 Å². The Kier molecular flexibility index (Phi) is 4.45. The van der Waals surface area contributed by atoms with Crippen LogP contribution in [0.15, 0.2) is 18.6 Å². The van der Waals surface area contributed by atoms with Crippen molar-refractivity contribution in [2.24, 2.45) is 0 Å². The minimum Gasteiger partial charge on any atom is -0.348 e. The molecule has 2 unspecified atom stereocenters. The van der Waals surface area contributed by atoms with Crippen molar-refractivity contribution < 1.29 is 4.79 Å². The van der Waals surface area contributed by atoms with Gasteiger partial charge >= 0.3 is 0 Å². The molecule has 6 heteroatoms. The van der Waals surface area contributed by atoms with E-state index in [1.807, 2.05) is 44.8 Å². The quantitative estimate of drug-likeness (QED) is 0.917. The van der Waals surface area contributed by atoms with E-state index >= 15 is 0 Å². The number of nitrogens with one attached hydrogen (secondary N) is 1. The van der Waals surface area contributed by atoms with Crippen LogP contribution in [0, 0.1) is 13.8 Å². The van der Waals surface area contributed by atoms with Crippen LogP contribution in [0.2, 0.25) is 0 Å². The van der Waals surface area contributed by atoms with E-state index in [1.54, 1.807) is 10.9 Å². The lowest BCUT2D eigenvalue weighted by Gasteiger charge is -2.18. The van der Waals surface area contributed by atoms with Gasteiger partial charge in [-0.3, -0.25) is 14.2 Å². The molecule has 0 radical (unpaired) electrons. The van der Waals surface area contributed by atoms with E-state index in [1.165, 1.54) is 0 Å². The Balaban J connectivity index is 2.06. The summed E-state index contributed by atoms with van der Waals surface area (Å²) in [5.74, 6) is -0.0470. The highest BCUT2D eigenvalue weighted by Gasteiger charge is 2.20. The number of hydrogen-bond acceptors (Lipinski definition) is 3. The summed E-state index contributed by atoms with van der Waals surface area (Å²) in [5.41, 5.74) is 3.18. The van der Waals surface area contributed by atoms with Gasteiger partial charge in [-0.1, -0.05) is 0 Å². The van der Waals surface area contributed by atoms with Gasteiger partial charge < -0.3 is 5.32 Å². The first-order chi connectivity index (χ1) is 9.93. The molecule has 1 amide bonds. The van der Waals surface area contributed by atoms with Crippen LogP contribution >= 0.6 is 0 Å². The van der Waals surface area contributed by atoms with E-state index in [4.69, 9.17) is 0 Å². The Bertz CT molecular complexity index is 628. The van der Waals surface area contributed by atoms with Crippen molar-refractivity contribution in [3.05, 3.63) is 35.4 Å². The molecule has 0 aliphatic carbocycles. The van der Waals surface area contributed by atoms with Crippen LogP contribution in [-0.4, -0.2) is 25.5 Å². The van der Waals surface area contributed by atoms with Gasteiger partial charge in [-0.15, -0.1) is 0 Å². The topological polar surface area (TPSA) is 64.7 Å². The van der Waals surface area contributed by atoms with Crippen molar-refractivity contribution in [1.29, 1.82) is 0 Å². The number of aromatic nitrogens is 4. The molecule has 2 atom stereocenters. The van der Waals surface area contributed by atoms with Crippen LogP contribution in [0.25, 0.3) is 0 Å². The molecule has 1 N–H and O–H groups in total. The number of aryl methyl sites for hydroxylation is 2. The van der Waals surface area contributed by atoms with Crippen molar-refractivity contribution >= 4 is 5.91 Å². The van der Waals surface area contributed by atoms with Crippen LogP contribution in [0.3, 0.4) is 0 Å². The Hall–Kier alpha value is -2.11. The maximum Gasteiger partial charge on any atom is 0.245 e. The number of hydrogen-bond donors (Lipinski definition) is 1. The van der Waals surface area contributed by atoms with Crippen LogP contribution in [0.4, 0.5) is 0 Å². The molecule has 0 aromatic carbocycles. The van der Waals surface area contributed by atoms with Crippen molar-refractivity contribution in [3.63, 3.8) is 0 Å². The van der Waals surface area contributed by atoms with Crippen molar-refractivity contribution in [2.45, 2.75) is 53.2 Å². The molecule has 2 aromatic heterocycles. The molecule has 6 nitrogen and oxygen atoms in total. The molecular formula is C15H23N5O. The first-order valence-corrected chi connectivity index (χ1v) is 7.27. The third kappa shape index (κ3) is 3.15. The smallest absolute Gasteiger partial charge is 0.245 e. The maximum absolute atomic E-state index is 12.3. The molecule has 0 saturated carbocycles. The minimum absolute atomic E-state index is 0.0470. The van der Waals surface area contributed by atoms with Gasteiger partial charge in [0.25, 0.3) is 0 Å². The van der Waals surface area contributed by atoms with Gasteiger partial charge in [-0.25, -0.2) is 0 Å². The zero-order valence-corrected chi connectivity index (χ0v) is 13.3. The first kappa shape index (κ1) is 15.3. The fourth-order valence-electron chi connectivity index (χ4n) is 2.38. The molecule has 2 rings (SSSR count). The lowest BCUT2D eigenvalue weighted by molar-refractivity contribution is -0.124. The summed E-state index contributed by atoms with van der Waals surface area (Å²) in [6.07, 6.45) is 5.45. The monoisotopic (exact) mass is 289 g/mol. The summed E-state index contributed by atoms with van der Waals surface area (Å²) >= 11 is 0. The van der Waals surface area contributed by atoms with E-state index in [9.17, 15) is 4.79 Å². The highest BCUT2D eigenvalue weighted by molar-refractivity contribution is 5.80. The second-order valence-corrected chi connectivity index (χ2v) is 5.41. The summed E-state index contributed by atoms with van der Waals surface area (Å²) in [4.78, 5) is 12.3. The molecule has 0 saturated heterocycles. The molecule has 2 aromatic rings. The number of carbonyl (C=O) groups is 1. The summed E-state index contributed by atoms with van der Waals surface area (Å²) in [6.45, 7) is 10.7. The van der Waals surface area contributed by atoms with Gasteiger partial charge in [0.1, 0.15) is 6.04 Å². The number of amides is 1. The predicted octanol–water partition coefficient (Wildman–Crippen LogP) is 2.15. The highest BCUT2D eigenvalue weighted by Crippen LogP contribution is 2.18. The zero-order chi connectivity index (χ0) is 15.6.